The Labute approximate surface area is 213 Å². The van der Waals surface area contributed by atoms with Gasteiger partial charge in [-0.2, -0.15) is 0 Å². The molecule has 0 bridgehead atoms. The molecule has 0 radical (unpaired) electrons. The first-order chi connectivity index (χ1) is 16.7. The van der Waals surface area contributed by atoms with Crippen molar-refractivity contribution in [1.82, 2.24) is 9.80 Å². The molecule has 1 rings (SSSR count). The van der Waals surface area contributed by atoms with E-state index in [2.05, 4.69) is 27.7 Å². The average Bonchev–Trinajstić information content (AvgIpc) is 3.14. The molecule has 0 aromatic carbocycles. The second-order valence-corrected chi connectivity index (χ2v) is 10.4. The summed E-state index contributed by atoms with van der Waals surface area (Å²) in [6, 6.07) is -0.135. The highest BCUT2D eigenvalue weighted by atomic mass is 16.5. The highest BCUT2D eigenvalue weighted by Crippen LogP contribution is 2.38. The van der Waals surface area contributed by atoms with Crippen molar-refractivity contribution in [3.63, 3.8) is 0 Å². The quantitative estimate of drug-likeness (QED) is 0.145. The second kappa shape index (κ2) is 16.2. The van der Waals surface area contributed by atoms with E-state index in [1.807, 2.05) is 6.92 Å². The second-order valence-electron chi connectivity index (χ2n) is 10.4. The Morgan fingerprint density at radius 3 is 1.77 bits per heavy atom. The van der Waals surface area contributed by atoms with E-state index in [9.17, 15) is 14.4 Å². The van der Waals surface area contributed by atoms with Gasteiger partial charge in [0.1, 0.15) is 6.54 Å². The Morgan fingerprint density at radius 1 is 0.829 bits per heavy atom. The lowest BCUT2D eigenvalue weighted by atomic mass is 9.74. The summed E-state index contributed by atoms with van der Waals surface area (Å²) in [7, 11) is 0. The molecule has 35 heavy (non-hydrogen) atoms. The fourth-order valence-electron chi connectivity index (χ4n) is 5.46. The van der Waals surface area contributed by atoms with Crippen molar-refractivity contribution in [1.29, 1.82) is 0 Å². The largest absolute Gasteiger partial charge is 0.481 e. The number of carboxylic acids is 1. The molecule has 1 heterocycles. The van der Waals surface area contributed by atoms with Crippen LogP contribution in [0.15, 0.2) is 0 Å². The van der Waals surface area contributed by atoms with Gasteiger partial charge in [-0.25, -0.2) is 4.79 Å². The Bertz CT molecular complexity index is 643. The summed E-state index contributed by atoms with van der Waals surface area (Å²) in [5, 5.41) is 9.03. The number of amides is 3. The summed E-state index contributed by atoms with van der Waals surface area (Å²) in [5.41, 5.74) is 0.320. The summed E-state index contributed by atoms with van der Waals surface area (Å²) >= 11 is 0. The predicted octanol–water partition coefficient (Wildman–Crippen LogP) is 6.50. The Kier molecular flexibility index (Phi) is 14.5. The maximum absolute atomic E-state index is 12.4. The molecule has 1 N–H and O–H groups in total. The van der Waals surface area contributed by atoms with Gasteiger partial charge in [-0.05, 0) is 56.3 Å². The molecule has 1 aliphatic rings. The fraction of sp³-hybridized carbons (Fsp3) is 0.893. The summed E-state index contributed by atoms with van der Waals surface area (Å²) in [6.07, 6.45) is 12.5. The number of urea groups is 1. The van der Waals surface area contributed by atoms with E-state index < -0.39 is 5.97 Å². The van der Waals surface area contributed by atoms with Crippen molar-refractivity contribution in [2.24, 2.45) is 10.8 Å². The zero-order valence-corrected chi connectivity index (χ0v) is 23.2. The summed E-state index contributed by atoms with van der Waals surface area (Å²) in [6.45, 7) is 13.6. The Morgan fingerprint density at radius 2 is 1.34 bits per heavy atom. The summed E-state index contributed by atoms with van der Waals surface area (Å²) in [5.74, 6) is -0.765. The van der Waals surface area contributed by atoms with Crippen LogP contribution < -0.4 is 0 Å². The third-order valence-corrected chi connectivity index (χ3v) is 8.74. The topological polar surface area (TPSA) is 87.2 Å². The highest BCUT2D eigenvalue weighted by Gasteiger charge is 2.36. The van der Waals surface area contributed by atoms with Gasteiger partial charge in [-0.1, -0.05) is 66.2 Å². The first kappa shape index (κ1) is 31.4. The first-order valence-corrected chi connectivity index (χ1v) is 14.1. The molecule has 0 atom stereocenters. The Hall–Kier alpha value is -1.63. The maximum Gasteiger partial charge on any atom is 0.327 e. The number of unbranched alkanes of at least 4 members (excludes halogenated alkanes) is 2. The van der Waals surface area contributed by atoms with Crippen molar-refractivity contribution in [2.75, 3.05) is 32.8 Å². The number of carboxylic acid groups (broad SMARTS) is 1. The summed E-state index contributed by atoms with van der Waals surface area (Å²) in [4.78, 5) is 38.6. The van der Waals surface area contributed by atoms with Gasteiger partial charge >= 0.3 is 12.0 Å². The molecule has 0 aromatic rings. The molecule has 7 nitrogen and oxygen atoms in total. The van der Waals surface area contributed by atoms with Gasteiger partial charge in [0, 0.05) is 32.7 Å². The molecule has 0 saturated carbocycles. The van der Waals surface area contributed by atoms with Gasteiger partial charge in [0.2, 0.25) is 5.91 Å². The lowest BCUT2D eigenvalue weighted by Crippen LogP contribution is -2.36. The molecule has 1 fully saturated rings. The number of rotatable bonds is 21. The highest BCUT2D eigenvalue weighted by molar-refractivity contribution is 6.01. The van der Waals surface area contributed by atoms with E-state index in [-0.39, 0.29) is 35.7 Å². The smallest absolute Gasteiger partial charge is 0.327 e. The zero-order valence-electron chi connectivity index (χ0n) is 23.2. The molecular formula is C28H52N2O5. The van der Waals surface area contributed by atoms with E-state index in [0.717, 1.165) is 90.3 Å². The van der Waals surface area contributed by atoms with Gasteiger partial charge < -0.3 is 14.7 Å². The van der Waals surface area contributed by atoms with Crippen LogP contribution in [0.1, 0.15) is 118 Å². The molecular weight excluding hydrogens is 444 g/mol. The number of hydrogen-bond acceptors (Lipinski definition) is 4. The first-order valence-electron chi connectivity index (χ1n) is 14.1. The number of ether oxygens (including phenoxy) is 1. The monoisotopic (exact) mass is 496 g/mol. The number of likely N-dealkylation sites (N-methyl/N-ethyl adjacent to an activating group) is 1. The van der Waals surface area contributed by atoms with E-state index in [1.165, 1.54) is 4.90 Å². The van der Waals surface area contributed by atoms with Crippen LogP contribution in [-0.2, 0) is 14.3 Å². The van der Waals surface area contributed by atoms with Crippen LogP contribution in [0.5, 0.6) is 0 Å². The van der Waals surface area contributed by atoms with Crippen molar-refractivity contribution >= 4 is 17.9 Å². The summed E-state index contributed by atoms with van der Waals surface area (Å²) < 4.78 is 5.89. The van der Waals surface area contributed by atoms with E-state index >= 15 is 0 Å². The molecule has 204 valence electrons. The van der Waals surface area contributed by atoms with Crippen LogP contribution >= 0.6 is 0 Å². The SMILES string of the molecule is CCN1CC(=O)N(CCC(CC)(CC)CCCCOCCCCC(CC)(CC)CCC(=O)O)C1=O. The number of carbonyl (C=O) groups is 3. The van der Waals surface area contributed by atoms with E-state index in [1.54, 1.807) is 4.90 Å². The standard InChI is InChI=1S/C28H52N2O5/c1-6-27(7-2,18-15-25(32)33)16-11-13-21-35-22-14-12-17-28(8-3,9-4)19-20-30-24(31)23-29(10-5)26(30)34/h6-23H2,1-5H3,(H,32,33). The van der Waals surface area contributed by atoms with Crippen molar-refractivity contribution in [3.05, 3.63) is 0 Å². The lowest BCUT2D eigenvalue weighted by Gasteiger charge is -2.33. The van der Waals surface area contributed by atoms with Gasteiger partial charge in [-0.15, -0.1) is 0 Å². The fourth-order valence-corrected chi connectivity index (χ4v) is 5.46. The number of carbonyl (C=O) groups excluding carboxylic acids is 2. The van der Waals surface area contributed by atoms with Crippen molar-refractivity contribution in [3.8, 4) is 0 Å². The van der Waals surface area contributed by atoms with Crippen LogP contribution in [0, 0.1) is 10.8 Å². The number of hydrogen-bond donors (Lipinski definition) is 1. The van der Waals surface area contributed by atoms with Gasteiger partial charge in [0.25, 0.3) is 0 Å². The number of imide groups is 1. The van der Waals surface area contributed by atoms with Crippen LogP contribution in [0.4, 0.5) is 4.79 Å². The molecule has 3 amide bonds. The van der Waals surface area contributed by atoms with E-state index in [0.29, 0.717) is 13.1 Å². The lowest BCUT2D eigenvalue weighted by molar-refractivity contribution is -0.137. The molecule has 0 aromatic heterocycles. The van der Waals surface area contributed by atoms with Crippen molar-refractivity contribution in [2.45, 2.75) is 118 Å². The molecule has 7 heteroatoms. The van der Waals surface area contributed by atoms with Crippen LogP contribution in [0.2, 0.25) is 0 Å². The van der Waals surface area contributed by atoms with Crippen LogP contribution in [0.25, 0.3) is 0 Å². The minimum Gasteiger partial charge on any atom is -0.481 e. The van der Waals surface area contributed by atoms with Crippen molar-refractivity contribution < 1.29 is 24.2 Å². The maximum atomic E-state index is 12.4. The zero-order chi connectivity index (χ0) is 26.3. The third-order valence-electron chi connectivity index (χ3n) is 8.74. The molecule has 0 aliphatic carbocycles. The number of aliphatic carboxylic acids is 1. The van der Waals surface area contributed by atoms with Gasteiger partial charge in [0.15, 0.2) is 0 Å². The minimum absolute atomic E-state index is 0.0663. The molecule has 1 saturated heterocycles. The third kappa shape index (κ3) is 10.1. The molecule has 0 spiro atoms. The van der Waals surface area contributed by atoms with Gasteiger partial charge in [0.05, 0.1) is 0 Å². The van der Waals surface area contributed by atoms with Crippen LogP contribution in [-0.4, -0.2) is 65.7 Å². The normalized spacial score (nSPS) is 14.9. The number of nitrogens with zero attached hydrogens (tertiary/aromatic N) is 2. The molecule has 0 unspecified atom stereocenters. The Balaban J connectivity index is 2.28. The van der Waals surface area contributed by atoms with Crippen LogP contribution in [0.3, 0.4) is 0 Å². The van der Waals surface area contributed by atoms with E-state index in [4.69, 9.17) is 9.84 Å². The predicted molar refractivity (Wildman–Crippen MR) is 140 cm³/mol. The average molecular weight is 497 g/mol. The van der Waals surface area contributed by atoms with Gasteiger partial charge in [-0.3, -0.25) is 14.5 Å². The molecule has 1 aliphatic heterocycles. The minimum atomic E-state index is -0.698.